The summed E-state index contributed by atoms with van der Waals surface area (Å²) in [6, 6.07) is 11.6. The van der Waals surface area contributed by atoms with E-state index in [9.17, 15) is 0 Å². The zero-order valence-electron chi connectivity index (χ0n) is 11.3. The highest BCUT2D eigenvalue weighted by atomic mass is 15.2. The van der Waals surface area contributed by atoms with Crippen molar-refractivity contribution >= 4 is 0 Å². The van der Waals surface area contributed by atoms with Gasteiger partial charge in [-0.2, -0.15) is 0 Å². The van der Waals surface area contributed by atoms with Crippen molar-refractivity contribution in [3.8, 4) is 0 Å². The van der Waals surface area contributed by atoms with Gasteiger partial charge in [-0.05, 0) is 43.3 Å². The van der Waals surface area contributed by atoms with E-state index in [0.29, 0.717) is 5.92 Å². The lowest BCUT2D eigenvalue weighted by Gasteiger charge is -2.45. The van der Waals surface area contributed by atoms with Gasteiger partial charge in [0.1, 0.15) is 0 Å². The number of benzene rings is 1. The highest BCUT2D eigenvalue weighted by molar-refractivity contribution is 5.19. The Labute approximate surface area is 110 Å². The Hall–Kier alpha value is -0.860. The van der Waals surface area contributed by atoms with Crippen molar-refractivity contribution in [2.45, 2.75) is 31.7 Å². The minimum atomic E-state index is 0.613. The van der Waals surface area contributed by atoms with Gasteiger partial charge in [0.05, 0.1) is 0 Å². The third-order valence-electron chi connectivity index (χ3n) is 4.71. The van der Waals surface area contributed by atoms with Gasteiger partial charge in [0.25, 0.3) is 0 Å². The maximum absolute atomic E-state index is 3.81. The van der Waals surface area contributed by atoms with Gasteiger partial charge in [-0.1, -0.05) is 37.3 Å². The Bertz CT molecular complexity index is 368. The van der Waals surface area contributed by atoms with Crippen LogP contribution in [0, 0.1) is 5.92 Å². The molecule has 3 aliphatic heterocycles. The number of piperidine rings is 3. The fourth-order valence-electron chi connectivity index (χ4n) is 3.42. The van der Waals surface area contributed by atoms with Crippen LogP contribution in [-0.2, 0) is 0 Å². The van der Waals surface area contributed by atoms with Crippen LogP contribution in [0.4, 0.5) is 0 Å². The van der Waals surface area contributed by atoms with Crippen LogP contribution in [0.1, 0.15) is 31.2 Å². The van der Waals surface area contributed by atoms with Crippen LogP contribution >= 0.6 is 0 Å². The van der Waals surface area contributed by atoms with Crippen molar-refractivity contribution < 1.29 is 0 Å². The summed E-state index contributed by atoms with van der Waals surface area (Å²) < 4.78 is 0. The summed E-state index contributed by atoms with van der Waals surface area (Å²) in [5, 5.41) is 3.81. The summed E-state index contributed by atoms with van der Waals surface area (Å²) in [5.41, 5.74) is 1.45. The van der Waals surface area contributed by atoms with Crippen molar-refractivity contribution in [2.24, 2.45) is 5.92 Å². The molecule has 1 aromatic carbocycles. The summed E-state index contributed by atoms with van der Waals surface area (Å²) in [4.78, 5) is 2.62. The van der Waals surface area contributed by atoms with E-state index in [4.69, 9.17) is 0 Å². The molecule has 0 amide bonds. The highest BCUT2D eigenvalue weighted by Gasteiger charge is 2.33. The predicted molar refractivity (Wildman–Crippen MR) is 75.8 cm³/mol. The molecule has 98 valence electrons. The first-order valence-electron chi connectivity index (χ1n) is 7.33. The number of rotatable bonds is 4. The average molecular weight is 244 g/mol. The molecular weight excluding hydrogens is 220 g/mol. The van der Waals surface area contributed by atoms with Gasteiger partial charge < -0.3 is 10.2 Å². The molecule has 4 rings (SSSR count). The molecule has 0 saturated carbocycles. The molecule has 1 N–H and O–H groups in total. The molecule has 0 spiro atoms. The zero-order chi connectivity index (χ0) is 12.4. The first kappa shape index (κ1) is 12.2. The topological polar surface area (TPSA) is 15.3 Å². The van der Waals surface area contributed by atoms with Crippen LogP contribution in [-0.4, -0.2) is 37.1 Å². The van der Waals surface area contributed by atoms with Crippen molar-refractivity contribution in [1.82, 2.24) is 10.2 Å². The summed E-state index contributed by atoms with van der Waals surface area (Å²) in [6.07, 6.45) is 2.80. The quantitative estimate of drug-likeness (QED) is 0.875. The van der Waals surface area contributed by atoms with E-state index >= 15 is 0 Å². The molecule has 1 aromatic rings. The van der Waals surface area contributed by atoms with E-state index in [-0.39, 0.29) is 0 Å². The van der Waals surface area contributed by atoms with Gasteiger partial charge in [0.2, 0.25) is 0 Å². The SMILES string of the molecule is CC(CNC1CN2CCC1CC2)c1ccccc1. The molecular formula is C16H24N2. The van der Waals surface area contributed by atoms with Crippen LogP contribution in [0.3, 0.4) is 0 Å². The molecule has 18 heavy (non-hydrogen) atoms. The Morgan fingerprint density at radius 2 is 1.94 bits per heavy atom. The van der Waals surface area contributed by atoms with Crippen LogP contribution in [0.2, 0.25) is 0 Å². The van der Waals surface area contributed by atoms with E-state index in [0.717, 1.165) is 18.5 Å². The van der Waals surface area contributed by atoms with Gasteiger partial charge in [0.15, 0.2) is 0 Å². The average Bonchev–Trinajstić information content (AvgIpc) is 2.47. The number of nitrogens with zero attached hydrogens (tertiary/aromatic N) is 1. The second-order valence-electron chi connectivity index (χ2n) is 5.96. The van der Waals surface area contributed by atoms with E-state index in [2.05, 4.69) is 47.5 Å². The Kier molecular flexibility index (Phi) is 3.67. The van der Waals surface area contributed by atoms with Gasteiger partial charge in [-0.15, -0.1) is 0 Å². The molecule has 0 radical (unpaired) electrons. The third-order valence-corrected chi connectivity index (χ3v) is 4.71. The number of nitrogens with one attached hydrogen (secondary N) is 1. The van der Waals surface area contributed by atoms with Crippen LogP contribution < -0.4 is 5.32 Å². The first-order valence-corrected chi connectivity index (χ1v) is 7.33. The van der Waals surface area contributed by atoms with Crippen LogP contribution in [0.25, 0.3) is 0 Å². The minimum absolute atomic E-state index is 0.613. The van der Waals surface area contributed by atoms with E-state index in [1.54, 1.807) is 0 Å². The fourth-order valence-corrected chi connectivity index (χ4v) is 3.42. The second kappa shape index (κ2) is 5.41. The molecule has 0 aromatic heterocycles. The third kappa shape index (κ3) is 2.60. The first-order chi connectivity index (χ1) is 8.83. The monoisotopic (exact) mass is 244 g/mol. The van der Waals surface area contributed by atoms with Gasteiger partial charge in [0, 0.05) is 19.1 Å². The van der Waals surface area contributed by atoms with Crippen LogP contribution in [0.5, 0.6) is 0 Å². The van der Waals surface area contributed by atoms with E-state index in [1.807, 2.05) is 0 Å². The molecule has 2 unspecified atom stereocenters. The lowest BCUT2D eigenvalue weighted by atomic mass is 9.84. The van der Waals surface area contributed by atoms with Crippen molar-refractivity contribution in [3.05, 3.63) is 35.9 Å². The van der Waals surface area contributed by atoms with Crippen LogP contribution in [0.15, 0.2) is 30.3 Å². The number of fused-ring (bicyclic) bond motifs is 3. The standard InChI is InChI=1S/C16H24N2/c1-13(14-5-3-2-4-6-14)11-17-16-12-18-9-7-15(16)8-10-18/h2-6,13,15-17H,7-12H2,1H3. The number of hydrogen-bond acceptors (Lipinski definition) is 2. The van der Waals surface area contributed by atoms with Crippen molar-refractivity contribution in [2.75, 3.05) is 26.2 Å². The van der Waals surface area contributed by atoms with E-state index in [1.165, 1.54) is 38.0 Å². The molecule has 2 atom stereocenters. The summed E-state index contributed by atoms with van der Waals surface area (Å²) in [6.45, 7) is 7.36. The smallest absolute Gasteiger partial charge is 0.0224 e. The molecule has 0 aliphatic carbocycles. The molecule has 3 aliphatic rings. The summed E-state index contributed by atoms with van der Waals surface area (Å²) in [5.74, 6) is 1.54. The Morgan fingerprint density at radius 1 is 1.22 bits per heavy atom. The lowest BCUT2D eigenvalue weighted by molar-refractivity contribution is 0.0723. The predicted octanol–water partition coefficient (Wildman–Crippen LogP) is 2.47. The maximum atomic E-state index is 3.81. The van der Waals surface area contributed by atoms with Crippen molar-refractivity contribution in [1.29, 1.82) is 0 Å². The lowest BCUT2D eigenvalue weighted by Crippen LogP contribution is -2.56. The van der Waals surface area contributed by atoms with Gasteiger partial charge in [-0.25, -0.2) is 0 Å². The summed E-state index contributed by atoms with van der Waals surface area (Å²) >= 11 is 0. The molecule has 2 nitrogen and oxygen atoms in total. The molecule has 3 saturated heterocycles. The zero-order valence-corrected chi connectivity index (χ0v) is 11.3. The van der Waals surface area contributed by atoms with Crippen molar-refractivity contribution in [3.63, 3.8) is 0 Å². The molecule has 3 heterocycles. The minimum Gasteiger partial charge on any atom is -0.312 e. The van der Waals surface area contributed by atoms with Gasteiger partial charge in [-0.3, -0.25) is 0 Å². The van der Waals surface area contributed by atoms with Gasteiger partial charge >= 0.3 is 0 Å². The van der Waals surface area contributed by atoms with E-state index < -0.39 is 0 Å². The molecule has 3 fully saturated rings. The largest absolute Gasteiger partial charge is 0.312 e. The highest BCUT2D eigenvalue weighted by Crippen LogP contribution is 2.27. The molecule has 2 heteroatoms. The fraction of sp³-hybridized carbons (Fsp3) is 0.625. The maximum Gasteiger partial charge on any atom is 0.0224 e. The summed E-state index contributed by atoms with van der Waals surface area (Å²) in [7, 11) is 0. The Balaban J connectivity index is 1.52. The number of hydrogen-bond donors (Lipinski definition) is 1. The molecule has 2 bridgehead atoms. The normalized spacial score (nSPS) is 32.4. The second-order valence-corrected chi connectivity index (χ2v) is 5.96. The Morgan fingerprint density at radius 3 is 2.56 bits per heavy atom.